The first-order chi connectivity index (χ1) is 11.7. The molecule has 6 heteroatoms. The summed E-state index contributed by atoms with van der Waals surface area (Å²) < 4.78 is 15.1. The van der Waals surface area contributed by atoms with Crippen molar-refractivity contribution in [3.05, 3.63) is 48.7 Å². The van der Waals surface area contributed by atoms with Gasteiger partial charge in [-0.2, -0.15) is 0 Å². The molecule has 1 aliphatic rings. The van der Waals surface area contributed by atoms with E-state index >= 15 is 0 Å². The predicted octanol–water partition coefficient (Wildman–Crippen LogP) is 3.25. The monoisotopic (exact) mass is 326 g/mol. The van der Waals surface area contributed by atoms with E-state index in [0.717, 1.165) is 48.4 Å². The van der Waals surface area contributed by atoms with E-state index in [2.05, 4.69) is 15.3 Å². The van der Waals surface area contributed by atoms with Crippen LogP contribution in [0.1, 0.15) is 25.7 Å². The number of fused-ring (bicyclic) bond motifs is 1. The number of hydrogen-bond donors (Lipinski definition) is 2. The first-order valence-electron chi connectivity index (χ1n) is 8.23. The predicted molar refractivity (Wildman–Crippen MR) is 90.3 cm³/mol. The van der Waals surface area contributed by atoms with Crippen LogP contribution in [0.5, 0.6) is 0 Å². The van der Waals surface area contributed by atoms with Gasteiger partial charge in [0.2, 0.25) is 0 Å². The first kappa shape index (κ1) is 15.1. The molecule has 4 rings (SSSR count). The lowest BCUT2D eigenvalue weighted by Gasteiger charge is -2.26. The molecular weight excluding hydrogens is 307 g/mol. The molecule has 2 heterocycles. The molecule has 0 radical (unpaired) electrons. The molecule has 1 aromatic carbocycles. The summed E-state index contributed by atoms with van der Waals surface area (Å²) in [6.45, 7) is 0. The Bertz CT molecular complexity index is 838. The molecule has 0 atom stereocenters. The molecule has 24 heavy (non-hydrogen) atoms. The highest BCUT2D eigenvalue weighted by Gasteiger charge is 2.20. The van der Waals surface area contributed by atoms with Gasteiger partial charge in [-0.25, -0.2) is 14.4 Å². The summed E-state index contributed by atoms with van der Waals surface area (Å²) in [5.41, 5.74) is 2.55. The van der Waals surface area contributed by atoms with Crippen molar-refractivity contribution in [1.29, 1.82) is 0 Å². The first-order valence-corrected chi connectivity index (χ1v) is 8.23. The second-order valence-corrected chi connectivity index (χ2v) is 6.27. The molecule has 0 amide bonds. The number of nitrogens with one attached hydrogen (secondary N) is 1. The van der Waals surface area contributed by atoms with Crippen molar-refractivity contribution in [3.8, 4) is 11.3 Å². The van der Waals surface area contributed by atoms with Gasteiger partial charge < -0.3 is 10.4 Å². The Labute approximate surface area is 139 Å². The van der Waals surface area contributed by atoms with Gasteiger partial charge in [0.15, 0.2) is 11.5 Å². The van der Waals surface area contributed by atoms with E-state index in [-0.39, 0.29) is 11.9 Å². The summed E-state index contributed by atoms with van der Waals surface area (Å²) in [5.74, 6) is 0.489. The lowest BCUT2D eigenvalue weighted by atomic mass is 9.93. The van der Waals surface area contributed by atoms with Crippen LogP contribution in [-0.4, -0.2) is 31.6 Å². The van der Waals surface area contributed by atoms with Crippen LogP contribution in [0.4, 0.5) is 10.2 Å². The molecule has 0 spiro atoms. The highest BCUT2D eigenvalue weighted by Crippen LogP contribution is 2.26. The van der Waals surface area contributed by atoms with E-state index < -0.39 is 0 Å². The molecule has 0 aliphatic heterocycles. The molecule has 124 valence electrons. The van der Waals surface area contributed by atoms with Crippen LogP contribution in [0.2, 0.25) is 0 Å². The fourth-order valence-corrected chi connectivity index (χ4v) is 3.27. The molecule has 3 aromatic rings. The van der Waals surface area contributed by atoms with Crippen LogP contribution < -0.4 is 5.32 Å². The normalized spacial score (nSPS) is 21.1. The average Bonchev–Trinajstić information content (AvgIpc) is 3.03. The molecule has 0 saturated heterocycles. The fraction of sp³-hybridized carbons (Fsp3) is 0.333. The minimum absolute atomic E-state index is 0.177. The second-order valence-electron chi connectivity index (χ2n) is 6.27. The smallest absolute Gasteiger partial charge is 0.180 e. The van der Waals surface area contributed by atoms with Crippen LogP contribution in [-0.2, 0) is 0 Å². The number of hydrogen-bond acceptors (Lipinski definition) is 4. The maximum absolute atomic E-state index is 13.1. The number of aromatic nitrogens is 3. The van der Waals surface area contributed by atoms with Crippen molar-refractivity contribution in [1.82, 2.24) is 14.4 Å². The van der Waals surface area contributed by atoms with E-state index in [1.54, 1.807) is 24.5 Å². The number of aliphatic hydroxyl groups excluding tert-OH is 1. The third-order valence-electron chi connectivity index (χ3n) is 4.61. The van der Waals surface area contributed by atoms with E-state index in [1.807, 2.05) is 10.6 Å². The highest BCUT2D eigenvalue weighted by molar-refractivity contribution is 5.70. The number of benzene rings is 1. The van der Waals surface area contributed by atoms with E-state index in [9.17, 15) is 9.50 Å². The van der Waals surface area contributed by atoms with Crippen LogP contribution >= 0.6 is 0 Å². The van der Waals surface area contributed by atoms with Gasteiger partial charge >= 0.3 is 0 Å². The maximum Gasteiger partial charge on any atom is 0.180 e. The summed E-state index contributed by atoms with van der Waals surface area (Å²) in [4.78, 5) is 8.92. The van der Waals surface area contributed by atoms with Crippen molar-refractivity contribution in [3.63, 3.8) is 0 Å². The summed E-state index contributed by atoms with van der Waals surface area (Å²) in [5, 5.41) is 13.1. The number of rotatable bonds is 3. The Morgan fingerprint density at radius 2 is 1.83 bits per heavy atom. The molecule has 1 fully saturated rings. The van der Waals surface area contributed by atoms with Crippen molar-refractivity contribution in [2.24, 2.45) is 0 Å². The molecule has 2 N–H and O–H groups in total. The summed E-state index contributed by atoms with van der Waals surface area (Å²) in [6, 6.07) is 6.69. The zero-order valence-corrected chi connectivity index (χ0v) is 13.2. The van der Waals surface area contributed by atoms with Gasteiger partial charge in [-0.3, -0.25) is 4.40 Å². The van der Waals surface area contributed by atoms with Crippen molar-refractivity contribution in [2.45, 2.75) is 37.8 Å². The number of aliphatic hydroxyl groups is 1. The maximum atomic E-state index is 13.1. The third-order valence-corrected chi connectivity index (χ3v) is 4.61. The van der Waals surface area contributed by atoms with E-state index in [0.29, 0.717) is 6.04 Å². The van der Waals surface area contributed by atoms with Gasteiger partial charge in [0.05, 0.1) is 18.0 Å². The Balaban J connectivity index is 1.65. The van der Waals surface area contributed by atoms with Crippen LogP contribution in [0.3, 0.4) is 0 Å². The SMILES string of the molecule is OC1CCC(Nc2nccn3c(-c4ccc(F)cc4)cnc23)CC1. The van der Waals surface area contributed by atoms with Gasteiger partial charge in [-0.05, 0) is 49.9 Å². The Kier molecular flexibility index (Phi) is 3.90. The largest absolute Gasteiger partial charge is 0.393 e. The van der Waals surface area contributed by atoms with Crippen LogP contribution in [0.25, 0.3) is 16.9 Å². The van der Waals surface area contributed by atoms with Gasteiger partial charge in [-0.15, -0.1) is 0 Å². The van der Waals surface area contributed by atoms with E-state index in [4.69, 9.17) is 0 Å². The Morgan fingerprint density at radius 1 is 1.08 bits per heavy atom. The molecule has 2 aromatic heterocycles. The van der Waals surface area contributed by atoms with Crippen molar-refractivity contribution in [2.75, 3.05) is 5.32 Å². The number of halogens is 1. The van der Waals surface area contributed by atoms with E-state index in [1.165, 1.54) is 12.1 Å². The second kappa shape index (κ2) is 6.20. The van der Waals surface area contributed by atoms with Gasteiger partial charge in [0, 0.05) is 24.0 Å². The zero-order chi connectivity index (χ0) is 16.5. The summed E-state index contributed by atoms with van der Waals surface area (Å²) in [7, 11) is 0. The third kappa shape index (κ3) is 2.85. The quantitative estimate of drug-likeness (QED) is 0.775. The van der Waals surface area contributed by atoms with Crippen molar-refractivity contribution >= 4 is 11.5 Å². The van der Waals surface area contributed by atoms with Gasteiger partial charge in [0.25, 0.3) is 0 Å². The minimum Gasteiger partial charge on any atom is -0.393 e. The molecule has 1 aliphatic carbocycles. The summed E-state index contributed by atoms with van der Waals surface area (Å²) >= 11 is 0. The molecule has 1 saturated carbocycles. The Hall–Kier alpha value is -2.47. The average molecular weight is 326 g/mol. The van der Waals surface area contributed by atoms with Gasteiger partial charge in [-0.1, -0.05) is 0 Å². The highest BCUT2D eigenvalue weighted by atomic mass is 19.1. The van der Waals surface area contributed by atoms with Gasteiger partial charge in [0.1, 0.15) is 5.82 Å². The number of imidazole rings is 1. The standard InChI is InChI=1S/C18H19FN4O/c19-13-3-1-12(2-4-13)16-11-21-18-17(20-9-10-23(16)18)22-14-5-7-15(24)8-6-14/h1-4,9-11,14-15,24H,5-8H2,(H,20,22). The molecular formula is C18H19FN4O. The zero-order valence-electron chi connectivity index (χ0n) is 13.2. The molecule has 5 nitrogen and oxygen atoms in total. The minimum atomic E-state index is -0.254. The van der Waals surface area contributed by atoms with Crippen LogP contribution in [0.15, 0.2) is 42.9 Å². The van der Waals surface area contributed by atoms with Crippen LogP contribution in [0, 0.1) is 5.82 Å². The van der Waals surface area contributed by atoms with Crippen molar-refractivity contribution < 1.29 is 9.50 Å². The molecule has 0 unspecified atom stereocenters. The summed E-state index contributed by atoms with van der Waals surface area (Å²) in [6.07, 6.45) is 8.68. The lowest BCUT2D eigenvalue weighted by Crippen LogP contribution is -2.28. The fourth-order valence-electron chi connectivity index (χ4n) is 3.27. The molecule has 0 bridgehead atoms. The Morgan fingerprint density at radius 3 is 2.58 bits per heavy atom. The number of anilines is 1. The lowest BCUT2D eigenvalue weighted by molar-refractivity contribution is 0.126. The topological polar surface area (TPSA) is 62.5 Å². The number of nitrogens with zero attached hydrogens (tertiary/aromatic N) is 3.